The molecule has 0 radical (unpaired) electrons. The number of benzene rings is 2. The van der Waals surface area contributed by atoms with Gasteiger partial charge in [0, 0.05) is 5.56 Å². The van der Waals surface area contributed by atoms with Gasteiger partial charge in [-0.25, -0.2) is 4.98 Å². The first-order valence-electron chi connectivity index (χ1n) is 8.72. The van der Waals surface area contributed by atoms with E-state index in [2.05, 4.69) is 0 Å². The number of nitrogens with zero attached hydrogens (tertiary/aromatic N) is 2. The van der Waals surface area contributed by atoms with E-state index >= 15 is 0 Å². The van der Waals surface area contributed by atoms with Crippen LogP contribution in [0.2, 0.25) is 0 Å². The molecule has 0 atom stereocenters. The molecule has 1 aliphatic rings. The van der Waals surface area contributed by atoms with Crippen molar-refractivity contribution in [3.63, 3.8) is 0 Å². The highest BCUT2D eigenvalue weighted by atomic mass is 16.7. The van der Waals surface area contributed by atoms with E-state index in [1.54, 1.807) is 6.07 Å². The predicted octanol–water partition coefficient (Wildman–Crippen LogP) is 3.50. The van der Waals surface area contributed by atoms with Gasteiger partial charge in [-0.1, -0.05) is 42.5 Å². The fourth-order valence-corrected chi connectivity index (χ4v) is 3.05. The Kier molecular flexibility index (Phi) is 3.79. The monoisotopic (exact) mass is 348 g/mol. The van der Waals surface area contributed by atoms with Crippen LogP contribution in [-0.4, -0.2) is 27.9 Å². The van der Waals surface area contributed by atoms with Gasteiger partial charge in [-0.3, -0.25) is 9.27 Å². The zero-order valence-electron chi connectivity index (χ0n) is 15.4. The Bertz CT molecular complexity index is 1010. The topological polar surface area (TPSA) is 53.4 Å². The molecule has 1 saturated heterocycles. The minimum atomic E-state index is -0.834. The van der Waals surface area contributed by atoms with E-state index in [1.807, 2.05) is 76.2 Å². The molecular formula is C20H21BN2O3. The Morgan fingerprint density at radius 3 is 2.12 bits per heavy atom. The maximum atomic E-state index is 13.3. The van der Waals surface area contributed by atoms with Crippen LogP contribution in [0.1, 0.15) is 27.7 Å². The molecule has 0 saturated carbocycles. The molecule has 26 heavy (non-hydrogen) atoms. The Hall–Kier alpha value is -2.44. The highest BCUT2D eigenvalue weighted by Gasteiger charge is 2.53. The van der Waals surface area contributed by atoms with Gasteiger partial charge in [-0.2, -0.15) is 0 Å². The van der Waals surface area contributed by atoms with Crippen molar-refractivity contribution in [1.29, 1.82) is 0 Å². The molecule has 1 fully saturated rings. The summed E-state index contributed by atoms with van der Waals surface area (Å²) in [7, 11) is -0.834. The number of hydrogen-bond acceptors (Lipinski definition) is 4. The molecule has 5 nitrogen and oxygen atoms in total. The quantitative estimate of drug-likeness (QED) is 0.665. The SMILES string of the molecule is CC1(C)OB(n2c(-c3ccccc3)nc3ccccc3c2=O)OC1(C)C. The van der Waals surface area contributed by atoms with E-state index < -0.39 is 18.5 Å². The highest BCUT2D eigenvalue weighted by molar-refractivity contribution is 6.44. The van der Waals surface area contributed by atoms with Gasteiger partial charge in [0.05, 0.1) is 22.1 Å². The van der Waals surface area contributed by atoms with E-state index in [0.29, 0.717) is 16.7 Å². The van der Waals surface area contributed by atoms with E-state index in [-0.39, 0.29) is 5.56 Å². The van der Waals surface area contributed by atoms with Crippen molar-refractivity contribution >= 4 is 18.2 Å². The lowest BCUT2D eigenvalue weighted by molar-refractivity contribution is 0.00578. The maximum absolute atomic E-state index is 13.3. The molecule has 1 aliphatic heterocycles. The number of hydrogen-bond donors (Lipinski definition) is 0. The molecule has 132 valence electrons. The minimum absolute atomic E-state index is 0.173. The Morgan fingerprint density at radius 1 is 0.885 bits per heavy atom. The van der Waals surface area contributed by atoms with Crippen molar-refractivity contribution in [3.05, 3.63) is 65.0 Å². The van der Waals surface area contributed by atoms with Crippen LogP contribution in [0.4, 0.5) is 0 Å². The summed E-state index contributed by atoms with van der Waals surface area (Å²) in [6.07, 6.45) is 0. The molecule has 6 heteroatoms. The second-order valence-electron chi connectivity index (χ2n) is 7.56. The lowest BCUT2D eigenvalue weighted by Crippen LogP contribution is -2.41. The van der Waals surface area contributed by atoms with Crippen molar-refractivity contribution < 1.29 is 9.31 Å². The molecular weight excluding hydrogens is 327 g/mol. The lowest BCUT2D eigenvalue weighted by atomic mass is 9.90. The van der Waals surface area contributed by atoms with Crippen molar-refractivity contribution in [3.8, 4) is 11.4 Å². The predicted molar refractivity (Wildman–Crippen MR) is 103 cm³/mol. The normalized spacial score (nSPS) is 18.4. The summed E-state index contributed by atoms with van der Waals surface area (Å²) in [6.45, 7) is 7.87. The fourth-order valence-electron chi connectivity index (χ4n) is 3.05. The Labute approximate surface area is 152 Å². The van der Waals surface area contributed by atoms with Crippen LogP contribution in [0.5, 0.6) is 0 Å². The second kappa shape index (κ2) is 5.79. The summed E-state index contributed by atoms with van der Waals surface area (Å²) in [5, 5.41) is 0.543. The molecule has 0 N–H and O–H groups in total. The lowest BCUT2D eigenvalue weighted by Gasteiger charge is -2.32. The van der Waals surface area contributed by atoms with Crippen LogP contribution in [0.15, 0.2) is 59.4 Å². The van der Waals surface area contributed by atoms with Gasteiger partial charge in [-0.05, 0) is 39.8 Å². The van der Waals surface area contributed by atoms with Crippen molar-refractivity contribution in [1.82, 2.24) is 9.46 Å². The van der Waals surface area contributed by atoms with Crippen molar-refractivity contribution in [2.75, 3.05) is 0 Å². The van der Waals surface area contributed by atoms with Gasteiger partial charge in [0.1, 0.15) is 5.82 Å². The molecule has 0 spiro atoms. The smallest absolute Gasteiger partial charge is 0.384 e. The molecule has 0 unspecified atom stereocenters. The zero-order valence-corrected chi connectivity index (χ0v) is 15.4. The summed E-state index contributed by atoms with van der Waals surface area (Å²) in [6, 6.07) is 17.0. The van der Waals surface area contributed by atoms with Crippen LogP contribution >= 0.6 is 0 Å². The maximum Gasteiger partial charge on any atom is 0.602 e. The van der Waals surface area contributed by atoms with E-state index in [9.17, 15) is 4.79 Å². The average Bonchev–Trinajstić information content (AvgIpc) is 2.83. The molecule has 0 amide bonds. The largest absolute Gasteiger partial charge is 0.602 e. The van der Waals surface area contributed by atoms with E-state index in [1.165, 1.54) is 4.48 Å². The third-order valence-electron chi connectivity index (χ3n) is 5.29. The molecule has 0 aliphatic carbocycles. The van der Waals surface area contributed by atoms with E-state index in [4.69, 9.17) is 14.3 Å². The molecule has 2 aromatic carbocycles. The summed E-state index contributed by atoms with van der Waals surface area (Å²) in [5.41, 5.74) is 0.232. The molecule has 0 bridgehead atoms. The fraction of sp³-hybridized carbons (Fsp3) is 0.300. The van der Waals surface area contributed by atoms with Crippen LogP contribution < -0.4 is 5.56 Å². The second-order valence-corrected chi connectivity index (χ2v) is 7.56. The van der Waals surface area contributed by atoms with Gasteiger partial charge >= 0.3 is 7.25 Å². The van der Waals surface area contributed by atoms with Gasteiger partial charge in [-0.15, -0.1) is 0 Å². The molecule has 1 aromatic heterocycles. The van der Waals surface area contributed by atoms with Crippen molar-refractivity contribution in [2.24, 2.45) is 0 Å². The Balaban J connectivity index is 1.99. The van der Waals surface area contributed by atoms with Crippen LogP contribution in [0.25, 0.3) is 22.3 Å². The van der Waals surface area contributed by atoms with Crippen LogP contribution in [0, 0.1) is 0 Å². The summed E-state index contributed by atoms with van der Waals surface area (Å²) < 4.78 is 13.8. The molecule has 3 aromatic rings. The number of rotatable bonds is 2. The first kappa shape index (κ1) is 17.0. The van der Waals surface area contributed by atoms with Crippen LogP contribution in [0.3, 0.4) is 0 Å². The van der Waals surface area contributed by atoms with Gasteiger partial charge in [0.25, 0.3) is 5.56 Å². The minimum Gasteiger partial charge on any atom is -0.384 e. The summed E-state index contributed by atoms with van der Waals surface area (Å²) in [4.78, 5) is 18.0. The third kappa shape index (κ3) is 2.57. The molecule has 2 heterocycles. The zero-order chi connectivity index (χ0) is 18.5. The first-order chi connectivity index (χ1) is 12.3. The van der Waals surface area contributed by atoms with Crippen molar-refractivity contribution in [2.45, 2.75) is 38.9 Å². The van der Waals surface area contributed by atoms with Crippen LogP contribution in [-0.2, 0) is 9.31 Å². The number of fused-ring (bicyclic) bond motifs is 1. The summed E-state index contributed by atoms with van der Waals surface area (Å²) >= 11 is 0. The van der Waals surface area contributed by atoms with Gasteiger partial charge < -0.3 is 9.31 Å². The number of para-hydroxylation sites is 1. The third-order valence-corrected chi connectivity index (χ3v) is 5.29. The van der Waals surface area contributed by atoms with E-state index in [0.717, 1.165) is 5.56 Å². The van der Waals surface area contributed by atoms with Gasteiger partial charge in [0.15, 0.2) is 0 Å². The summed E-state index contributed by atoms with van der Waals surface area (Å²) in [5.74, 6) is 0.535. The van der Waals surface area contributed by atoms with Gasteiger partial charge in [0.2, 0.25) is 0 Å². The average molecular weight is 348 g/mol. The standard InChI is InChI=1S/C20H21BN2O3/c1-19(2)20(3,4)26-21(25-19)23-17(14-10-6-5-7-11-14)22-16-13-9-8-12-15(16)18(23)24/h5-13H,1-4H3. The first-order valence-corrected chi connectivity index (χ1v) is 8.72. The molecule has 4 rings (SSSR count). The highest BCUT2D eigenvalue weighted by Crippen LogP contribution is 2.37. The number of aromatic nitrogens is 2. The Morgan fingerprint density at radius 2 is 1.46 bits per heavy atom.